The molecule has 7 heteroatoms. The van der Waals surface area contributed by atoms with E-state index in [-0.39, 0.29) is 6.42 Å². The Labute approximate surface area is 115 Å². The van der Waals surface area contributed by atoms with Crippen LogP contribution in [0.25, 0.3) is 0 Å². The van der Waals surface area contributed by atoms with Gasteiger partial charge in [0.1, 0.15) is 0 Å². The molecule has 1 heterocycles. The van der Waals surface area contributed by atoms with Gasteiger partial charge >= 0.3 is 5.97 Å². The van der Waals surface area contributed by atoms with E-state index in [1.165, 1.54) is 6.26 Å². The number of carboxylic acids is 1. The SMILES string of the molecule is CN(CCCC(=O)O)CC1CCCN(S(C)(=O)=O)C1. The van der Waals surface area contributed by atoms with Crippen LogP contribution in [0.15, 0.2) is 0 Å². The first-order valence-electron chi connectivity index (χ1n) is 6.64. The van der Waals surface area contributed by atoms with E-state index in [0.29, 0.717) is 25.4 Å². The second-order valence-corrected chi connectivity index (χ2v) is 7.37. The molecule has 0 amide bonds. The number of hydrogen-bond donors (Lipinski definition) is 1. The van der Waals surface area contributed by atoms with Crippen molar-refractivity contribution in [1.29, 1.82) is 0 Å². The minimum absolute atomic E-state index is 0.185. The minimum atomic E-state index is -3.09. The van der Waals surface area contributed by atoms with Crippen LogP contribution in [-0.2, 0) is 14.8 Å². The molecule has 112 valence electrons. The molecule has 1 aliphatic heterocycles. The predicted molar refractivity (Wildman–Crippen MR) is 73.5 cm³/mol. The molecule has 1 N–H and O–H groups in total. The van der Waals surface area contributed by atoms with Gasteiger partial charge in [0.05, 0.1) is 6.26 Å². The van der Waals surface area contributed by atoms with Gasteiger partial charge in [-0.1, -0.05) is 0 Å². The molecular weight excluding hydrogens is 268 g/mol. The first-order chi connectivity index (χ1) is 8.79. The molecule has 1 fully saturated rings. The summed E-state index contributed by atoms with van der Waals surface area (Å²) in [6.45, 7) is 2.77. The number of hydrogen-bond acceptors (Lipinski definition) is 4. The Morgan fingerprint density at radius 1 is 1.47 bits per heavy atom. The Hall–Kier alpha value is -0.660. The second kappa shape index (κ2) is 7.21. The third kappa shape index (κ3) is 6.35. The molecule has 0 bridgehead atoms. The fraction of sp³-hybridized carbons (Fsp3) is 0.917. The largest absolute Gasteiger partial charge is 0.481 e. The Bertz CT molecular complexity index is 397. The molecule has 0 aromatic heterocycles. The zero-order valence-corrected chi connectivity index (χ0v) is 12.5. The smallest absolute Gasteiger partial charge is 0.303 e. The second-order valence-electron chi connectivity index (χ2n) is 5.39. The van der Waals surface area contributed by atoms with Gasteiger partial charge < -0.3 is 10.0 Å². The summed E-state index contributed by atoms with van der Waals surface area (Å²) in [5.41, 5.74) is 0. The van der Waals surface area contributed by atoms with Gasteiger partial charge in [-0.15, -0.1) is 0 Å². The van der Waals surface area contributed by atoms with Gasteiger partial charge in [0.2, 0.25) is 10.0 Å². The van der Waals surface area contributed by atoms with Crippen molar-refractivity contribution in [3.63, 3.8) is 0 Å². The molecule has 1 saturated heterocycles. The van der Waals surface area contributed by atoms with Crippen LogP contribution in [0.2, 0.25) is 0 Å². The van der Waals surface area contributed by atoms with Gasteiger partial charge in [-0.3, -0.25) is 4.79 Å². The first-order valence-corrected chi connectivity index (χ1v) is 8.49. The standard InChI is InChI=1S/C12H24N2O4S/c1-13(7-4-6-12(15)16)9-11-5-3-8-14(10-11)19(2,17)18/h11H,3-10H2,1-2H3,(H,15,16). The van der Waals surface area contributed by atoms with Crippen molar-refractivity contribution >= 4 is 16.0 Å². The third-order valence-electron chi connectivity index (χ3n) is 3.45. The van der Waals surface area contributed by atoms with E-state index in [1.54, 1.807) is 4.31 Å². The Kier molecular flexibility index (Phi) is 6.22. The summed E-state index contributed by atoms with van der Waals surface area (Å²) in [5, 5.41) is 8.58. The maximum absolute atomic E-state index is 11.5. The highest BCUT2D eigenvalue weighted by atomic mass is 32.2. The number of carboxylic acid groups (broad SMARTS) is 1. The lowest BCUT2D eigenvalue weighted by atomic mass is 9.99. The maximum Gasteiger partial charge on any atom is 0.303 e. The normalized spacial score (nSPS) is 21.7. The average Bonchev–Trinajstić information content (AvgIpc) is 2.27. The number of aliphatic carboxylic acids is 1. The van der Waals surface area contributed by atoms with Crippen molar-refractivity contribution in [2.24, 2.45) is 5.92 Å². The van der Waals surface area contributed by atoms with E-state index in [4.69, 9.17) is 5.11 Å². The first kappa shape index (κ1) is 16.4. The molecule has 1 unspecified atom stereocenters. The number of sulfonamides is 1. The van der Waals surface area contributed by atoms with Gasteiger partial charge in [0, 0.05) is 26.1 Å². The van der Waals surface area contributed by atoms with E-state index in [9.17, 15) is 13.2 Å². The molecule has 1 atom stereocenters. The van der Waals surface area contributed by atoms with Crippen LogP contribution in [-0.4, -0.2) is 68.2 Å². The van der Waals surface area contributed by atoms with E-state index < -0.39 is 16.0 Å². The number of rotatable bonds is 7. The fourth-order valence-corrected chi connectivity index (χ4v) is 3.45. The summed E-state index contributed by atoms with van der Waals surface area (Å²) in [4.78, 5) is 12.5. The molecule has 0 radical (unpaired) electrons. The lowest BCUT2D eigenvalue weighted by Gasteiger charge is -2.33. The highest BCUT2D eigenvalue weighted by Crippen LogP contribution is 2.19. The predicted octanol–water partition coefficient (Wildman–Crippen LogP) is 0.455. The quantitative estimate of drug-likeness (QED) is 0.737. The molecule has 1 aliphatic rings. The topological polar surface area (TPSA) is 77.9 Å². The summed E-state index contributed by atoms with van der Waals surface area (Å²) in [5.74, 6) is -0.423. The molecular formula is C12H24N2O4S. The molecule has 0 aromatic rings. The van der Waals surface area contributed by atoms with Crippen molar-refractivity contribution < 1.29 is 18.3 Å². The summed E-state index contributed by atoms with van der Waals surface area (Å²) >= 11 is 0. The van der Waals surface area contributed by atoms with E-state index >= 15 is 0 Å². The Morgan fingerprint density at radius 3 is 2.74 bits per heavy atom. The van der Waals surface area contributed by atoms with Crippen LogP contribution < -0.4 is 0 Å². The number of nitrogens with zero attached hydrogens (tertiary/aromatic N) is 2. The molecule has 6 nitrogen and oxygen atoms in total. The van der Waals surface area contributed by atoms with Crippen molar-refractivity contribution in [1.82, 2.24) is 9.21 Å². The third-order valence-corrected chi connectivity index (χ3v) is 4.72. The van der Waals surface area contributed by atoms with Crippen LogP contribution in [0.3, 0.4) is 0 Å². The van der Waals surface area contributed by atoms with Crippen molar-refractivity contribution in [2.75, 3.05) is 39.5 Å². The zero-order chi connectivity index (χ0) is 14.5. The van der Waals surface area contributed by atoms with Gasteiger partial charge in [-0.25, -0.2) is 12.7 Å². The Morgan fingerprint density at radius 2 is 2.16 bits per heavy atom. The van der Waals surface area contributed by atoms with Crippen LogP contribution in [0.4, 0.5) is 0 Å². The summed E-state index contributed by atoms with van der Waals surface area (Å²) < 4.78 is 24.6. The molecule has 1 rings (SSSR count). The van der Waals surface area contributed by atoms with Crippen molar-refractivity contribution in [2.45, 2.75) is 25.7 Å². The van der Waals surface area contributed by atoms with Crippen LogP contribution >= 0.6 is 0 Å². The van der Waals surface area contributed by atoms with E-state index in [1.807, 2.05) is 7.05 Å². The van der Waals surface area contributed by atoms with Gasteiger partial charge in [-0.05, 0) is 38.8 Å². The fourth-order valence-electron chi connectivity index (χ4n) is 2.51. The highest BCUT2D eigenvalue weighted by Gasteiger charge is 2.26. The lowest BCUT2D eigenvalue weighted by Crippen LogP contribution is -2.42. The summed E-state index contributed by atoms with van der Waals surface area (Å²) in [6.07, 6.45) is 4.01. The van der Waals surface area contributed by atoms with Crippen molar-refractivity contribution in [3.8, 4) is 0 Å². The van der Waals surface area contributed by atoms with Crippen molar-refractivity contribution in [3.05, 3.63) is 0 Å². The molecule has 0 aromatic carbocycles. The van der Waals surface area contributed by atoms with Gasteiger partial charge in [-0.2, -0.15) is 0 Å². The van der Waals surface area contributed by atoms with Gasteiger partial charge in [0.25, 0.3) is 0 Å². The zero-order valence-electron chi connectivity index (χ0n) is 11.7. The lowest BCUT2D eigenvalue weighted by molar-refractivity contribution is -0.137. The maximum atomic E-state index is 11.5. The van der Waals surface area contributed by atoms with Gasteiger partial charge in [0.15, 0.2) is 0 Å². The summed E-state index contributed by atoms with van der Waals surface area (Å²) in [6, 6.07) is 0. The van der Waals surface area contributed by atoms with E-state index in [2.05, 4.69) is 4.90 Å². The van der Waals surface area contributed by atoms with Crippen LogP contribution in [0.1, 0.15) is 25.7 Å². The monoisotopic (exact) mass is 292 g/mol. The highest BCUT2D eigenvalue weighted by molar-refractivity contribution is 7.88. The minimum Gasteiger partial charge on any atom is -0.481 e. The average molecular weight is 292 g/mol. The van der Waals surface area contributed by atoms with Crippen LogP contribution in [0.5, 0.6) is 0 Å². The molecule has 0 saturated carbocycles. The van der Waals surface area contributed by atoms with Crippen LogP contribution in [0, 0.1) is 5.92 Å². The number of carbonyl (C=O) groups is 1. The number of piperidine rings is 1. The van der Waals surface area contributed by atoms with E-state index in [0.717, 1.165) is 25.9 Å². The summed E-state index contributed by atoms with van der Waals surface area (Å²) in [7, 11) is -1.13. The Balaban J connectivity index is 2.33. The molecule has 0 aliphatic carbocycles. The molecule has 19 heavy (non-hydrogen) atoms. The molecule has 0 spiro atoms.